The predicted molar refractivity (Wildman–Crippen MR) is 87.5 cm³/mol. The lowest BCUT2D eigenvalue weighted by molar-refractivity contribution is 0.0401. The molecule has 1 heterocycles. The Morgan fingerprint density at radius 3 is 2.68 bits per heavy atom. The van der Waals surface area contributed by atoms with Crippen LogP contribution in [0.2, 0.25) is 0 Å². The van der Waals surface area contributed by atoms with Gasteiger partial charge in [0, 0.05) is 26.2 Å². The maximum absolute atomic E-state index is 12.9. The Morgan fingerprint density at radius 1 is 1.41 bits per heavy atom. The van der Waals surface area contributed by atoms with Crippen molar-refractivity contribution in [2.45, 2.75) is 29.9 Å². The van der Waals surface area contributed by atoms with Crippen molar-refractivity contribution in [3.8, 4) is 5.75 Å². The maximum atomic E-state index is 12.9. The van der Waals surface area contributed by atoms with Gasteiger partial charge in [0.25, 0.3) is 0 Å². The van der Waals surface area contributed by atoms with Crippen molar-refractivity contribution in [2.75, 3.05) is 27.3 Å². The van der Waals surface area contributed by atoms with Crippen LogP contribution in [-0.4, -0.2) is 52.2 Å². The zero-order valence-corrected chi connectivity index (χ0v) is 15.1. The topological polar surface area (TPSA) is 81.9 Å². The highest BCUT2D eigenvalue weighted by atomic mass is 79.9. The minimum atomic E-state index is -3.59. The smallest absolute Gasteiger partial charge is 0.243 e. The number of halogens is 1. The zero-order valence-electron chi connectivity index (χ0n) is 12.7. The first-order valence-electron chi connectivity index (χ1n) is 7.02. The van der Waals surface area contributed by atoms with Crippen molar-refractivity contribution in [3.63, 3.8) is 0 Å². The second-order valence-electron chi connectivity index (χ2n) is 5.18. The molecule has 0 bridgehead atoms. The van der Waals surface area contributed by atoms with E-state index in [9.17, 15) is 8.42 Å². The van der Waals surface area contributed by atoms with Crippen molar-refractivity contribution < 1.29 is 17.9 Å². The first-order valence-corrected chi connectivity index (χ1v) is 9.25. The molecule has 2 atom stereocenters. The van der Waals surface area contributed by atoms with Crippen LogP contribution in [0.15, 0.2) is 27.6 Å². The van der Waals surface area contributed by atoms with Gasteiger partial charge >= 0.3 is 0 Å². The molecule has 0 radical (unpaired) electrons. The molecule has 0 saturated carbocycles. The van der Waals surface area contributed by atoms with E-state index in [2.05, 4.69) is 15.9 Å². The van der Waals surface area contributed by atoms with E-state index in [1.165, 1.54) is 11.4 Å². The lowest BCUT2D eigenvalue weighted by Gasteiger charge is -2.37. The Labute approximate surface area is 139 Å². The molecule has 22 heavy (non-hydrogen) atoms. The standard InChI is InChI=1S/C14H21BrN2O4S/c1-20-11-5-6-17(10(7-11)9-16)22(18,19)12-3-4-14(21-2)13(15)8-12/h3-4,8,10-11H,5-7,9,16H2,1-2H3. The molecule has 2 unspecified atom stereocenters. The number of methoxy groups -OCH3 is 2. The summed E-state index contributed by atoms with van der Waals surface area (Å²) < 4.78 is 38.3. The Bertz CT molecular complexity index is 623. The number of piperidine rings is 1. The molecule has 2 N–H and O–H groups in total. The van der Waals surface area contributed by atoms with Gasteiger partial charge in [-0.25, -0.2) is 8.42 Å². The molecule has 1 aromatic carbocycles. The lowest BCUT2D eigenvalue weighted by Crippen LogP contribution is -2.51. The number of hydrogen-bond acceptors (Lipinski definition) is 5. The van der Waals surface area contributed by atoms with E-state index in [0.717, 1.165) is 0 Å². The van der Waals surface area contributed by atoms with Crippen LogP contribution >= 0.6 is 15.9 Å². The fourth-order valence-corrected chi connectivity index (χ4v) is 5.06. The number of nitrogens with two attached hydrogens (primary N) is 1. The van der Waals surface area contributed by atoms with E-state index in [0.29, 0.717) is 29.6 Å². The van der Waals surface area contributed by atoms with E-state index in [4.69, 9.17) is 15.2 Å². The monoisotopic (exact) mass is 392 g/mol. The highest BCUT2D eigenvalue weighted by Gasteiger charge is 2.36. The minimum absolute atomic E-state index is 0.0580. The number of hydrogen-bond donors (Lipinski definition) is 1. The van der Waals surface area contributed by atoms with Crippen LogP contribution < -0.4 is 10.5 Å². The fraction of sp³-hybridized carbons (Fsp3) is 0.571. The molecule has 1 aromatic rings. The van der Waals surface area contributed by atoms with Crippen molar-refractivity contribution >= 4 is 26.0 Å². The average Bonchev–Trinajstić information content (AvgIpc) is 2.53. The second kappa shape index (κ2) is 7.27. The molecular formula is C14H21BrN2O4S. The molecule has 1 saturated heterocycles. The van der Waals surface area contributed by atoms with Gasteiger partial charge in [0.1, 0.15) is 5.75 Å². The van der Waals surface area contributed by atoms with Gasteiger partial charge in [-0.2, -0.15) is 4.31 Å². The van der Waals surface area contributed by atoms with Crippen LogP contribution in [0.25, 0.3) is 0 Å². The number of nitrogens with zero attached hydrogens (tertiary/aromatic N) is 1. The quantitative estimate of drug-likeness (QED) is 0.822. The van der Waals surface area contributed by atoms with Crippen LogP contribution in [0.5, 0.6) is 5.75 Å². The first-order chi connectivity index (χ1) is 10.4. The van der Waals surface area contributed by atoms with E-state index < -0.39 is 10.0 Å². The number of benzene rings is 1. The summed E-state index contributed by atoms with van der Waals surface area (Å²) in [6.45, 7) is 0.683. The van der Waals surface area contributed by atoms with Crippen LogP contribution in [0.3, 0.4) is 0 Å². The second-order valence-corrected chi connectivity index (χ2v) is 7.93. The summed E-state index contributed by atoms with van der Waals surface area (Å²) in [4.78, 5) is 0.231. The highest BCUT2D eigenvalue weighted by molar-refractivity contribution is 9.10. The third-order valence-corrected chi connectivity index (χ3v) is 6.52. The normalized spacial score (nSPS) is 23.5. The summed E-state index contributed by atoms with van der Waals surface area (Å²) in [5.41, 5.74) is 5.77. The molecule has 0 amide bonds. The van der Waals surface area contributed by atoms with Crippen LogP contribution in [0, 0.1) is 0 Å². The molecule has 6 nitrogen and oxygen atoms in total. The third kappa shape index (κ3) is 3.46. The van der Waals surface area contributed by atoms with Gasteiger partial charge in [-0.15, -0.1) is 0 Å². The molecular weight excluding hydrogens is 372 g/mol. The third-order valence-electron chi connectivity index (χ3n) is 3.95. The summed E-state index contributed by atoms with van der Waals surface area (Å²) in [5.74, 6) is 0.590. The average molecular weight is 393 g/mol. The lowest BCUT2D eigenvalue weighted by atomic mass is 10.0. The van der Waals surface area contributed by atoms with Crippen molar-refractivity contribution in [1.29, 1.82) is 0 Å². The van der Waals surface area contributed by atoms with Gasteiger partial charge in [0.2, 0.25) is 10.0 Å². The molecule has 0 aliphatic carbocycles. The van der Waals surface area contributed by atoms with E-state index in [1.807, 2.05) is 0 Å². The maximum Gasteiger partial charge on any atom is 0.243 e. The first kappa shape index (κ1) is 17.7. The van der Waals surface area contributed by atoms with Crippen molar-refractivity contribution in [2.24, 2.45) is 5.73 Å². The molecule has 2 rings (SSSR count). The van der Waals surface area contributed by atoms with Crippen LogP contribution in [0.4, 0.5) is 0 Å². The Hall–Kier alpha value is -0.670. The van der Waals surface area contributed by atoms with Gasteiger partial charge in [-0.1, -0.05) is 0 Å². The van der Waals surface area contributed by atoms with Crippen molar-refractivity contribution in [1.82, 2.24) is 4.31 Å². The predicted octanol–water partition coefficient (Wildman–Crippen LogP) is 1.58. The number of sulfonamides is 1. The minimum Gasteiger partial charge on any atom is -0.496 e. The summed E-state index contributed by atoms with van der Waals surface area (Å²) in [6, 6.07) is 4.50. The number of ether oxygens (including phenoxy) is 2. The van der Waals surface area contributed by atoms with Gasteiger partial charge < -0.3 is 15.2 Å². The fourth-order valence-electron chi connectivity index (χ4n) is 2.68. The Kier molecular flexibility index (Phi) is 5.84. The van der Waals surface area contributed by atoms with E-state index in [-0.39, 0.29) is 23.6 Å². The summed E-state index contributed by atoms with van der Waals surface area (Å²) >= 11 is 3.32. The largest absolute Gasteiger partial charge is 0.496 e. The molecule has 0 aromatic heterocycles. The molecule has 1 aliphatic heterocycles. The van der Waals surface area contributed by atoms with Gasteiger partial charge in [0.15, 0.2) is 0 Å². The van der Waals surface area contributed by atoms with Crippen LogP contribution in [-0.2, 0) is 14.8 Å². The molecule has 0 spiro atoms. The SMILES string of the molecule is COc1ccc(S(=O)(=O)N2CCC(OC)CC2CN)cc1Br. The Balaban J connectivity index is 2.31. The van der Waals surface area contributed by atoms with Crippen molar-refractivity contribution in [3.05, 3.63) is 22.7 Å². The summed E-state index contributed by atoms with van der Waals surface area (Å²) in [6.07, 6.45) is 1.34. The highest BCUT2D eigenvalue weighted by Crippen LogP contribution is 2.31. The van der Waals surface area contributed by atoms with E-state index in [1.54, 1.807) is 25.3 Å². The molecule has 1 fully saturated rings. The number of rotatable bonds is 5. The van der Waals surface area contributed by atoms with Gasteiger partial charge in [0.05, 0.1) is 22.6 Å². The van der Waals surface area contributed by atoms with Gasteiger partial charge in [-0.05, 0) is 47.0 Å². The molecule has 8 heteroatoms. The summed E-state index contributed by atoms with van der Waals surface area (Å²) in [7, 11) is -0.412. The molecule has 124 valence electrons. The van der Waals surface area contributed by atoms with E-state index >= 15 is 0 Å². The van der Waals surface area contributed by atoms with Crippen LogP contribution in [0.1, 0.15) is 12.8 Å². The summed E-state index contributed by atoms with van der Waals surface area (Å²) in [5, 5.41) is 0. The Morgan fingerprint density at radius 2 is 2.14 bits per heavy atom. The molecule has 1 aliphatic rings. The zero-order chi connectivity index (χ0) is 16.3. The van der Waals surface area contributed by atoms with Gasteiger partial charge in [-0.3, -0.25) is 0 Å².